The molecule has 1 aliphatic heterocycles. The predicted octanol–water partition coefficient (Wildman–Crippen LogP) is 4.09. The third-order valence-corrected chi connectivity index (χ3v) is 5.03. The van der Waals surface area contributed by atoms with Crippen molar-refractivity contribution in [1.82, 2.24) is 4.90 Å². The van der Waals surface area contributed by atoms with Crippen molar-refractivity contribution in [2.45, 2.75) is 13.0 Å². The Kier molecular flexibility index (Phi) is 6.73. The van der Waals surface area contributed by atoms with Crippen molar-refractivity contribution >= 4 is 17.7 Å². The van der Waals surface area contributed by atoms with Crippen molar-refractivity contribution < 1.29 is 18.5 Å². The summed E-state index contributed by atoms with van der Waals surface area (Å²) in [7, 11) is 0. The van der Waals surface area contributed by atoms with Gasteiger partial charge < -0.3 is 4.74 Å². The average Bonchev–Trinajstić information content (AvgIpc) is 2.73. The molecule has 2 aromatic carbocycles. The normalized spacial score (nSPS) is 15.7. The van der Waals surface area contributed by atoms with E-state index in [4.69, 9.17) is 4.74 Å². The van der Waals surface area contributed by atoms with Gasteiger partial charge in [0.15, 0.2) is 12.3 Å². The van der Waals surface area contributed by atoms with Crippen molar-refractivity contribution in [2.24, 2.45) is 0 Å². The maximum Gasteiger partial charge on any atom is 0.411 e. The first-order valence-electron chi connectivity index (χ1n) is 9.63. The summed E-state index contributed by atoms with van der Waals surface area (Å²) in [6, 6.07) is 14.2. The highest BCUT2D eigenvalue weighted by Crippen LogP contribution is 2.25. The van der Waals surface area contributed by atoms with Gasteiger partial charge in [0.1, 0.15) is 17.7 Å². The van der Waals surface area contributed by atoms with E-state index >= 15 is 0 Å². The van der Waals surface area contributed by atoms with Crippen LogP contribution in [-0.2, 0) is 4.79 Å². The molecule has 0 aliphatic carbocycles. The van der Waals surface area contributed by atoms with Crippen LogP contribution in [-0.4, -0.2) is 47.3 Å². The first kappa shape index (κ1) is 20.7. The van der Waals surface area contributed by atoms with Gasteiger partial charge >= 0.3 is 5.91 Å². The van der Waals surface area contributed by atoms with E-state index in [1.165, 1.54) is 18.2 Å². The maximum absolute atomic E-state index is 13.8. The molecule has 0 saturated heterocycles. The summed E-state index contributed by atoms with van der Waals surface area (Å²) in [6.07, 6.45) is 2.77. The monoisotopic (exact) mass is 393 g/mol. The molecule has 1 amide bonds. The Morgan fingerprint density at radius 2 is 2.03 bits per heavy atom. The average molecular weight is 393 g/mol. The van der Waals surface area contributed by atoms with E-state index < -0.39 is 0 Å². The number of hydrogen-bond donors (Lipinski definition) is 0. The zero-order chi connectivity index (χ0) is 20.8. The molecular weight excluding hydrogens is 367 g/mol. The Bertz CT molecular complexity index is 934. The molecule has 1 heterocycles. The van der Waals surface area contributed by atoms with Crippen molar-refractivity contribution in [3.63, 3.8) is 0 Å². The molecule has 0 saturated carbocycles. The van der Waals surface area contributed by atoms with Gasteiger partial charge in [0, 0.05) is 19.5 Å². The van der Waals surface area contributed by atoms with E-state index in [1.807, 2.05) is 37.3 Å². The summed E-state index contributed by atoms with van der Waals surface area (Å²) in [5, 5.41) is 0. The van der Waals surface area contributed by atoms with Gasteiger partial charge in [-0.05, 0) is 35.4 Å². The smallest absolute Gasteiger partial charge is 0.411 e. The van der Waals surface area contributed by atoms with Crippen molar-refractivity contribution in [3.8, 4) is 5.75 Å². The molecule has 1 atom stereocenters. The molecule has 0 N–H and O–H groups in total. The number of hydrogen-bond acceptors (Lipinski definition) is 3. The number of nitrogens with zero attached hydrogens (tertiary/aromatic N) is 2. The van der Waals surface area contributed by atoms with E-state index in [-0.39, 0.29) is 17.8 Å². The topological polar surface area (TPSA) is 32.5 Å². The second-order valence-electron chi connectivity index (χ2n) is 7.10. The zero-order valence-corrected chi connectivity index (χ0v) is 16.7. The van der Waals surface area contributed by atoms with Gasteiger partial charge in [-0.1, -0.05) is 43.5 Å². The standard InChI is InChI=1S/C24H26FN2O2/c1-4-19-9-11-22(12-10-19)29-23(20-7-6-8-21(25)15-20)17-26-13-14-27(18(3)16-26)24(28)5-2/h4-12,15,23H,1-2,13-14,16-17H2,3H3/q+1. The highest BCUT2D eigenvalue weighted by molar-refractivity contribution is 5.89. The number of carbonyl (C=O) groups excluding carboxylic acids is 1. The minimum Gasteiger partial charge on any atom is -0.484 e. The molecule has 29 heavy (non-hydrogen) atoms. The second-order valence-corrected chi connectivity index (χ2v) is 7.10. The zero-order valence-electron chi connectivity index (χ0n) is 16.7. The molecule has 0 radical (unpaired) electrons. The lowest BCUT2D eigenvalue weighted by Gasteiger charge is -2.29. The molecule has 0 bridgehead atoms. The fraction of sp³-hybridized carbons (Fsp3) is 0.250. The van der Waals surface area contributed by atoms with Crippen LogP contribution in [0.3, 0.4) is 0 Å². The van der Waals surface area contributed by atoms with Crippen LogP contribution in [0, 0.1) is 5.82 Å². The number of rotatable bonds is 7. The number of ether oxygens (including phenoxy) is 1. The number of halogens is 1. The van der Waals surface area contributed by atoms with Gasteiger partial charge in [-0.15, -0.1) is 0 Å². The van der Waals surface area contributed by atoms with Crippen LogP contribution in [0.25, 0.3) is 6.08 Å². The number of carbonyl (C=O) groups is 1. The van der Waals surface area contributed by atoms with E-state index in [9.17, 15) is 9.18 Å². The minimum atomic E-state index is -0.338. The lowest BCUT2D eigenvalue weighted by atomic mass is 10.1. The fourth-order valence-electron chi connectivity index (χ4n) is 3.48. The molecule has 1 aliphatic rings. The van der Waals surface area contributed by atoms with Crippen molar-refractivity contribution in [1.29, 1.82) is 0 Å². The Hall–Kier alpha value is -3.05. The predicted molar refractivity (Wildman–Crippen MR) is 114 cm³/mol. The Morgan fingerprint density at radius 1 is 1.28 bits per heavy atom. The Balaban J connectivity index is 1.80. The molecule has 4 nitrogen and oxygen atoms in total. The Morgan fingerprint density at radius 3 is 2.66 bits per heavy atom. The molecule has 0 spiro atoms. The molecule has 0 aromatic heterocycles. The summed E-state index contributed by atoms with van der Waals surface area (Å²) < 4.78 is 21.8. The first-order chi connectivity index (χ1) is 14.0. The van der Waals surface area contributed by atoms with Crippen LogP contribution < -0.4 is 4.74 Å². The van der Waals surface area contributed by atoms with Crippen LogP contribution in [0.15, 0.2) is 67.8 Å². The summed E-state index contributed by atoms with van der Waals surface area (Å²) in [6.45, 7) is 11.8. The maximum atomic E-state index is 13.8. The van der Waals surface area contributed by atoms with Gasteiger partial charge in [0.2, 0.25) is 0 Å². The second kappa shape index (κ2) is 9.43. The highest BCUT2D eigenvalue weighted by atomic mass is 19.1. The largest absolute Gasteiger partial charge is 0.484 e. The minimum absolute atomic E-state index is 0.0811. The van der Waals surface area contributed by atoms with Gasteiger partial charge in [0.25, 0.3) is 0 Å². The van der Waals surface area contributed by atoms with Crippen LogP contribution in [0.4, 0.5) is 4.39 Å². The van der Waals surface area contributed by atoms with Crippen LogP contribution in [0.5, 0.6) is 5.75 Å². The molecule has 2 aromatic rings. The molecular formula is C24H26FN2O2+. The number of amides is 1. The van der Waals surface area contributed by atoms with Crippen molar-refractivity contribution in [2.75, 3.05) is 26.2 Å². The third kappa shape index (κ3) is 5.27. The van der Waals surface area contributed by atoms with Gasteiger partial charge in [-0.2, -0.15) is 4.58 Å². The SMILES string of the molecule is C=CC(=O)[N+]1=C(C)CN(CC(Oc2ccc(C=C)cc2)c2cccc(F)c2)CC1. The lowest BCUT2D eigenvalue weighted by Crippen LogP contribution is -2.47. The van der Waals surface area contributed by atoms with E-state index in [1.54, 1.807) is 16.7 Å². The Labute approximate surface area is 171 Å². The summed E-state index contributed by atoms with van der Waals surface area (Å²) in [5.41, 5.74) is 2.75. The molecule has 3 rings (SSSR count). The van der Waals surface area contributed by atoms with E-state index in [2.05, 4.69) is 18.1 Å². The summed E-state index contributed by atoms with van der Waals surface area (Å²) in [5.74, 6) is 0.343. The fourth-order valence-corrected chi connectivity index (χ4v) is 3.48. The highest BCUT2D eigenvalue weighted by Gasteiger charge is 2.28. The first-order valence-corrected chi connectivity index (χ1v) is 9.63. The molecule has 0 fully saturated rings. The van der Waals surface area contributed by atoms with Crippen LogP contribution in [0.2, 0.25) is 0 Å². The van der Waals surface area contributed by atoms with Gasteiger partial charge in [-0.3, -0.25) is 4.90 Å². The quantitative estimate of drug-likeness (QED) is 0.525. The van der Waals surface area contributed by atoms with Crippen LogP contribution >= 0.6 is 0 Å². The van der Waals surface area contributed by atoms with Gasteiger partial charge in [-0.25, -0.2) is 9.18 Å². The lowest BCUT2D eigenvalue weighted by molar-refractivity contribution is -0.451. The third-order valence-electron chi connectivity index (χ3n) is 5.03. The molecule has 150 valence electrons. The number of benzene rings is 2. The van der Waals surface area contributed by atoms with E-state index in [0.29, 0.717) is 31.9 Å². The molecule has 1 unspecified atom stereocenters. The molecule has 5 heteroatoms. The summed E-state index contributed by atoms with van der Waals surface area (Å²) in [4.78, 5) is 14.2. The summed E-state index contributed by atoms with van der Waals surface area (Å²) >= 11 is 0. The van der Waals surface area contributed by atoms with Gasteiger partial charge in [0.05, 0.1) is 13.1 Å². The van der Waals surface area contributed by atoms with Crippen molar-refractivity contribution in [3.05, 3.63) is 84.7 Å². The van der Waals surface area contributed by atoms with E-state index in [0.717, 1.165) is 16.8 Å². The van der Waals surface area contributed by atoms with Crippen LogP contribution in [0.1, 0.15) is 24.2 Å².